The minimum absolute atomic E-state index is 0.0609. The van der Waals surface area contributed by atoms with Crippen LogP contribution in [0.1, 0.15) is 6.42 Å². The smallest absolute Gasteiger partial charge is 0.152 e. The molecule has 5 nitrogen and oxygen atoms in total. The Bertz CT molecular complexity index is 442. The van der Waals surface area contributed by atoms with Crippen LogP contribution in [0.25, 0.3) is 0 Å². The van der Waals surface area contributed by atoms with E-state index in [1.54, 1.807) is 24.3 Å². The molecule has 0 saturated carbocycles. The minimum Gasteiger partial charge on any atom is -0.494 e. The molecule has 0 heterocycles. The zero-order chi connectivity index (χ0) is 13.4. The minimum atomic E-state index is -3.03. The van der Waals surface area contributed by atoms with E-state index in [2.05, 4.69) is 0 Å². The Morgan fingerprint density at radius 3 is 2.39 bits per heavy atom. The largest absolute Gasteiger partial charge is 0.494 e. The number of nitrogen functional groups attached to an aromatic ring is 1. The second kappa shape index (κ2) is 7.23. The Balaban J connectivity index is 2.24. The summed E-state index contributed by atoms with van der Waals surface area (Å²) in [7, 11) is -1.54. The van der Waals surface area contributed by atoms with Crippen LogP contribution in [-0.2, 0) is 14.6 Å². The second-order valence-corrected chi connectivity index (χ2v) is 6.22. The maximum absolute atomic E-state index is 11.5. The van der Waals surface area contributed by atoms with Crippen molar-refractivity contribution >= 4 is 15.5 Å². The van der Waals surface area contributed by atoms with Gasteiger partial charge in [0.15, 0.2) is 9.84 Å². The van der Waals surface area contributed by atoms with Gasteiger partial charge in [-0.15, -0.1) is 0 Å². The van der Waals surface area contributed by atoms with Gasteiger partial charge in [0, 0.05) is 12.8 Å². The first-order valence-electron chi connectivity index (χ1n) is 5.71. The van der Waals surface area contributed by atoms with E-state index < -0.39 is 9.84 Å². The van der Waals surface area contributed by atoms with Crippen LogP contribution in [0.3, 0.4) is 0 Å². The SMILES string of the molecule is COCCS(=O)(=O)CCCOc1ccc(N)cc1. The molecule has 0 saturated heterocycles. The van der Waals surface area contributed by atoms with Crippen molar-refractivity contribution in [1.29, 1.82) is 0 Å². The van der Waals surface area contributed by atoms with Crippen LogP contribution < -0.4 is 10.5 Å². The van der Waals surface area contributed by atoms with Crippen molar-refractivity contribution in [3.63, 3.8) is 0 Å². The van der Waals surface area contributed by atoms with Crippen LogP contribution in [0.5, 0.6) is 5.75 Å². The third-order valence-corrected chi connectivity index (χ3v) is 4.05. The van der Waals surface area contributed by atoms with Gasteiger partial charge in [-0.25, -0.2) is 8.42 Å². The standard InChI is InChI=1S/C12H19NO4S/c1-16-8-10-18(14,15)9-2-7-17-12-5-3-11(13)4-6-12/h3-6H,2,7-10,13H2,1H3. The van der Waals surface area contributed by atoms with E-state index in [1.807, 2.05) is 0 Å². The van der Waals surface area contributed by atoms with Crippen LogP contribution in [-0.4, -0.2) is 40.2 Å². The number of rotatable bonds is 8. The zero-order valence-electron chi connectivity index (χ0n) is 10.5. The summed E-state index contributed by atoms with van der Waals surface area (Å²) in [6, 6.07) is 7.00. The first-order chi connectivity index (χ1) is 8.53. The fourth-order valence-corrected chi connectivity index (χ4v) is 2.53. The summed E-state index contributed by atoms with van der Waals surface area (Å²) >= 11 is 0. The maximum atomic E-state index is 11.5. The number of anilines is 1. The summed E-state index contributed by atoms with van der Waals surface area (Å²) in [6.07, 6.45) is 0.469. The molecule has 102 valence electrons. The molecule has 2 N–H and O–H groups in total. The molecule has 0 fully saturated rings. The van der Waals surface area contributed by atoms with E-state index in [0.717, 1.165) is 0 Å². The van der Waals surface area contributed by atoms with E-state index in [0.29, 0.717) is 24.5 Å². The molecule has 0 radical (unpaired) electrons. The van der Waals surface area contributed by atoms with Crippen molar-refractivity contribution in [1.82, 2.24) is 0 Å². The van der Waals surface area contributed by atoms with E-state index in [1.165, 1.54) is 7.11 Å². The van der Waals surface area contributed by atoms with Gasteiger partial charge < -0.3 is 15.2 Å². The molecular formula is C12H19NO4S. The Labute approximate surface area is 108 Å². The summed E-state index contributed by atoms with van der Waals surface area (Å²) in [6.45, 7) is 0.608. The second-order valence-electron chi connectivity index (χ2n) is 3.92. The average Bonchev–Trinajstić information content (AvgIpc) is 2.34. The monoisotopic (exact) mass is 273 g/mol. The summed E-state index contributed by atoms with van der Waals surface area (Å²) in [5, 5.41) is 0. The quantitative estimate of drug-likeness (QED) is 0.567. The molecule has 18 heavy (non-hydrogen) atoms. The molecule has 1 aromatic carbocycles. The van der Waals surface area contributed by atoms with Gasteiger partial charge in [0.25, 0.3) is 0 Å². The number of hydrogen-bond acceptors (Lipinski definition) is 5. The lowest BCUT2D eigenvalue weighted by Gasteiger charge is -2.07. The van der Waals surface area contributed by atoms with Crippen molar-refractivity contribution in [2.24, 2.45) is 0 Å². The van der Waals surface area contributed by atoms with Gasteiger partial charge >= 0.3 is 0 Å². The van der Waals surface area contributed by atoms with Gasteiger partial charge in [0.2, 0.25) is 0 Å². The molecule has 0 aliphatic carbocycles. The summed E-state index contributed by atoms with van der Waals surface area (Å²) in [5.74, 6) is 0.870. The van der Waals surface area contributed by atoms with Crippen LogP contribution in [0.2, 0.25) is 0 Å². The number of benzene rings is 1. The predicted molar refractivity (Wildman–Crippen MR) is 71.5 cm³/mol. The Morgan fingerprint density at radius 2 is 1.78 bits per heavy atom. The van der Waals surface area contributed by atoms with Crippen LogP contribution in [0.15, 0.2) is 24.3 Å². The third-order valence-electron chi connectivity index (χ3n) is 2.35. The van der Waals surface area contributed by atoms with Crippen LogP contribution in [0.4, 0.5) is 5.69 Å². The molecule has 1 aromatic rings. The molecule has 6 heteroatoms. The lowest BCUT2D eigenvalue weighted by molar-refractivity contribution is 0.217. The molecule has 0 amide bonds. The van der Waals surface area contributed by atoms with Crippen LogP contribution in [0, 0.1) is 0 Å². The van der Waals surface area contributed by atoms with Gasteiger partial charge in [-0.1, -0.05) is 0 Å². The Hall–Kier alpha value is -1.27. The van der Waals surface area contributed by atoms with Crippen molar-refractivity contribution < 1.29 is 17.9 Å². The molecule has 0 spiro atoms. The summed E-state index contributed by atoms with van der Waals surface area (Å²) < 4.78 is 33.1. The summed E-state index contributed by atoms with van der Waals surface area (Å²) in [4.78, 5) is 0. The highest BCUT2D eigenvalue weighted by molar-refractivity contribution is 7.91. The Morgan fingerprint density at radius 1 is 1.11 bits per heavy atom. The Kier molecular flexibility index (Phi) is 5.94. The third kappa shape index (κ3) is 5.88. The molecule has 0 aliphatic rings. The molecule has 0 aliphatic heterocycles. The number of sulfone groups is 1. The van der Waals surface area contributed by atoms with Gasteiger partial charge in [0.1, 0.15) is 5.75 Å². The highest BCUT2D eigenvalue weighted by atomic mass is 32.2. The molecule has 1 rings (SSSR count). The number of ether oxygens (including phenoxy) is 2. The number of methoxy groups -OCH3 is 1. The first-order valence-corrected chi connectivity index (χ1v) is 7.53. The molecule has 0 bridgehead atoms. The van der Waals surface area contributed by atoms with Crippen molar-refractivity contribution in [2.75, 3.05) is 37.6 Å². The molecule has 0 atom stereocenters. The lowest BCUT2D eigenvalue weighted by Crippen LogP contribution is -2.16. The van der Waals surface area contributed by atoms with E-state index in [4.69, 9.17) is 15.2 Å². The normalized spacial score (nSPS) is 11.4. The lowest BCUT2D eigenvalue weighted by atomic mass is 10.3. The van der Waals surface area contributed by atoms with Gasteiger partial charge in [0.05, 0.1) is 24.7 Å². The van der Waals surface area contributed by atoms with Crippen molar-refractivity contribution in [3.05, 3.63) is 24.3 Å². The van der Waals surface area contributed by atoms with Crippen molar-refractivity contribution in [2.45, 2.75) is 6.42 Å². The summed E-state index contributed by atoms with van der Waals surface area (Å²) in [5.41, 5.74) is 6.21. The molecular weight excluding hydrogens is 254 g/mol. The predicted octanol–water partition coefficient (Wildman–Crippen LogP) is 1.10. The van der Waals surface area contributed by atoms with Crippen LogP contribution >= 0.6 is 0 Å². The number of nitrogens with two attached hydrogens (primary N) is 1. The highest BCUT2D eigenvalue weighted by Crippen LogP contribution is 2.13. The van der Waals surface area contributed by atoms with Gasteiger partial charge in [-0.2, -0.15) is 0 Å². The van der Waals surface area contributed by atoms with E-state index in [-0.39, 0.29) is 18.1 Å². The van der Waals surface area contributed by atoms with Crippen molar-refractivity contribution in [3.8, 4) is 5.75 Å². The fourth-order valence-electron chi connectivity index (χ4n) is 1.35. The topological polar surface area (TPSA) is 78.6 Å². The van der Waals surface area contributed by atoms with E-state index >= 15 is 0 Å². The molecule has 0 unspecified atom stereocenters. The highest BCUT2D eigenvalue weighted by Gasteiger charge is 2.09. The number of hydrogen-bond donors (Lipinski definition) is 1. The van der Waals surface area contributed by atoms with E-state index in [9.17, 15) is 8.42 Å². The van der Waals surface area contributed by atoms with Gasteiger partial charge in [-0.05, 0) is 30.7 Å². The fraction of sp³-hybridized carbons (Fsp3) is 0.500. The maximum Gasteiger partial charge on any atom is 0.152 e. The molecule has 0 aromatic heterocycles. The average molecular weight is 273 g/mol. The first kappa shape index (κ1) is 14.8. The van der Waals surface area contributed by atoms with Gasteiger partial charge in [-0.3, -0.25) is 0 Å². The zero-order valence-corrected chi connectivity index (χ0v) is 11.3.